The molecule has 0 bridgehead atoms. The van der Waals surface area contributed by atoms with E-state index in [-0.39, 0.29) is 0 Å². The van der Waals surface area contributed by atoms with Crippen LogP contribution in [0, 0.1) is 0 Å². The van der Waals surface area contributed by atoms with Gasteiger partial charge in [0, 0.05) is 0 Å². The van der Waals surface area contributed by atoms with Crippen molar-refractivity contribution in [3.05, 3.63) is 24.3 Å². The van der Waals surface area contributed by atoms with Crippen molar-refractivity contribution < 1.29 is 9.90 Å². The SMILES string of the molecule is NC(C(=O)O)n1nnc2ccccc21. The monoisotopic (exact) mass is 192 g/mol. The molecule has 0 spiro atoms. The quantitative estimate of drug-likeness (QED) is 0.696. The Morgan fingerprint density at radius 2 is 2.21 bits per heavy atom. The number of rotatable bonds is 2. The average molecular weight is 192 g/mol. The molecule has 0 saturated carbocycles. The molecule has 2 rings (SSSR count). The molecule has 0 fully saturated rings. The predicted octanol–water partition coefficient (Wildman–Crippen LogP) is -0.0268. The minimum Gasteiger partial charge on any atom is -0.479 e. The Hall–Kier alpha value is -1.95. The highest BCUT2D eigenvalue weighted by Gasteiger charge is 2.17. The number of nitrogens with two attached hydrogens (primary N) is 1. The van der Waals surface area contributed by atoms with Crippen molar-refractivity contribution in [3.63, 3.8) is 0 Å². The maximum absolute atomic E-state index is 10.6. The van der Waals surface area contributed by atoms with Crippen molar-refractivity contribution in [1.82, 2.24) is 15.0 Å². The van der Waals surface area contributed by atoms with Crippen molar-refractivity contribution in [2.75, 3.05) is 0 Å². The lowest BCUT2D eigenvalue weighted by Crippen LogP contribution is -2.28. The van der Waals surface area contributed by atoms with E-state index < -0.39 is 12.1 Å². The highest BCUT2D eigenvalue weighted by molar-refractivity contribution is 5.78. The molecule has 0 saturated heterocycles. The normalized spacial score (nSPS) is 12.9. The van der Waals surface area contributed by atoms with Crippen LogP contribution in [0.4, 0.5) is 0 Å². The summed E-state index contributed by atoms with van der Waals surface area (Å²) in [4.78, 5) is 10.6. The third kappa shape index (κ3) is 1.21. The molecule has 1 atom stereocenters. The molecule has 6 nitrogen and oxygen atoms in total. The number of hydrogen-bond acceptors (Lipinski definition) is 4. The lowest BCUT2D eigenvalue weighted by molar-refractivity contribution is -0.141. The predicted molar refractivity (Wildman–Crippen MR) is 48.4 cm³/mol. The van der Waals surface area contributed by atoms with Gasteiger partial charge in [0.25, 0.3) is 0 Å². The van der Waals surface area contributed by atoms with Gasteiger partial charge in [-0.2, -0.15) is 0 Å². The van der Waals surface area contributed by atoms with Gasteiger partial charge in [0.1, 0.15) is 5.52 Å². The zero-order chi connectivity index (χ0) is 10.1. The highest BCUT2D eigenvalue weighted by atomic mass is 16.4. The average Bonchev–Trinajstić information content (AvgIpc) is 2.60. The zero-order valence-corrected chi connectivity index (χ0v) is 7.16. The van der Waals surface area contributed by atoms with Crippen LogP contribution in [-0.4, -0.2) is 26.1 Å². The van der Waals surface area contributed by atoms with E-state index in [0.29, 0.717) is 11.0 Å². The highest BCUT2D eigenvalue weighted by Crippen LogP contribution is 2.12. The molecule has 72 valence electrons. The Morgan fingerprint density at radius 3 is 2.93 bits per heavy atom. The molecule has 1 unspecified atom stereocenters. The van der Waals surface area contributed by atoms with Crippen LogP contribution in [0.15, 0.2) is 24.3 Å². The lowest BCUT2D eigenvalue weighted by atomic mass is 10.3. The molecule has 2 aromatic rings. The summed E-state index contributed by atoms with van der Waals surface area (Å²) >= 11 is 0. The molecule has 0 aliphatic heterocycles. The Labute approximate surface area is 78.9 Å². The fraction of sp³-hybridized carbons (Fsp3) is 0.125. The summed E-state index contributed by atoms with van der Waals surface area (Å²) in [5.41, 5.74) is 6.65. The van der Waals surface area contributed by atoms with Crippen LogP contribution in [0.25, 0.3) is 11.0 Å². The Kier molecular flexibility index (Phi) is 1.90. The largest absolute Gasteiger partial charge is 0.479 e. The molecular weight excluding hydrogens is 184 g/mol. The van der Waals surface area contributed by atoms with Gasteiger partial charge >= 0.3 is 5.97 Å². The third-order valence-electron chi connectivity index (χ3n) is 1.89. The standard InChI is InChI=1S/C8H8N4O2/c9-7(8(13)14)12-6-4-2-1-3-5(6)10-11-12/h1-4,7H,9H2,(H,13,14). The first kappa shape index (κ1) is 8.64. The van der Waals surface area contributed by atoms with Gasteiger partial charge in [0.15, 0.2) is 6.17 Å². The number of carboxylic acid groups (broad SMARTS) is 1. The maximum Gasteiger partial charge on any atom is 0.343 e. The summed E-state index contributed by atoms with van der Waals surface area (Å²) < 4.78 is 1.18. The topological polar surface area (TPSA) is 94.0 Å². The van der Waals surface area contributed by atoms with Crippen molar-refractivity contribution in [2.24, 2.45) is 5.73 Å². The summed E-state index contributed by atoms with van der Waals surface area (Å²) in [5, 5.41) is 16.2. The number of hydrogen-bond donors (Lipinski definition) is 2. The molecule has 0 aliphatic carbocycles. The maximum atomic E-state index is 10.6. The minimum absolute atomic E-state index is 0.613. The van der Waals surface area contributed by atoms with E-state index in [4.69, 9.17) is 10.8 Å². The molecule has 14 heavy (non-hydrogen) atoms. The van der Waals surface area contributed by atoms with E-state index in [0.717, 1.165) is 0 Å². The number of para-hydroxylation sites is 1. The molecule has 1 heterocycles. The number of carbonyl (C=O) groups is 1. The van der Waals surface area contributed by atoms with E-state index in [9.17, 15) is 4.79 Å². The summed E-state index contributed by atoms with van der Waals surface area (Å²) in [6.45, 7) is 0. The number of nitrogens with zero attached hydrogens (tertiary/aromatic N) is 3. The van der Waals surface area contributed by atoms with Crippen LogP contribution in [-0.2, 0) is 4.79 Å². The third-order valence-corrected chi connectivity index (χ3v) is 1.89. The number of benzene rings is 1. The summed E-state index contributed by atoms with van der Waals surface area (Å²) in [5.74, 6) is -1.14. The van der Waals surface area contributed by atoms with Crippen LogP contribution in [0.5, 0.6) is 0 Å². The first-order valence-electron chi connectivity index (χ1n) is 3.98. The summed E-state index contributed by atoms with van der Waals surface area (Å²) in [6.07, 6.45) is -1.19. The van der Waals surface area contributed by atoms with E-state index in [2.05, 4.69) is 10.3 Å². The fourth-order valence-electron chi connectivity index (χ4n) is 1.20. The van der Waals surface area contributed by atoms with Crippen LogP contribution >= 0.6 is 0 Å². The van der Waals surface area contributed by atoms with Crippen LogP contribution in [0.2, 0.25) is 0 Å². The van der Waals surface area contributed by atoms with Crippen LogP contribution in [0.1, 0.15) is 6.17 Å². The first-order valence-corrected chi connectivity index (χ1v) is 3.98. The van der Waals surface area contributed by atoms with E-state index in [1.54, 1.807) is 24.3 Å². The van der Waals surface area contributed by atoms with Crippen molar-refractivity contribution in [1.29, 1.82) is 0 Å². The van der Waals surface area contributed by atoms with Crippen molar-refractivity contribution in [2.45, 2.75) is 6.17 Å². The Bertz CT molecular complexity index is 479. The van der Waals surface area contributed by atoms with Gasteiger partial charge in [-0.15, -0.1) is 5.10 Å². The molecule has 6 heteroatoms. The van der Waals surface area contributed by atoms with Gasteiger partial charge in [0.05, 0.1) is 5.52 Å². The second kappa shape index (κ2) is 3.08. The van der Waals surface area contributed by atoms with Crippen molar-refractivity contribution in [3.8, 4) is 0 Å². The number of aromatic nitrogens is 3. The number of fused-ring (bicyclic) bond motifs is 1. The summed E-state index contributed by atoms with van der Waals surface area (Å²) in [7, 11) is 0. The van der Waals surface area contributed by atoms with E-state index >= 15 is 0 Å². The minimum atomic E-state index is -1.19. The molecular formula is C8H8N4O2. The van der Waals surface area contributed by atoms with Gasteiger partial charge < -0.3 is 10.8 Å². The van der Waals surface area contributed by atoms with Gasteiger partial charge in [-0.1, -0.05) is 17.3 Å². The second-order valence-electron chi connectivity index (χ2n) is 2.81. The lowest BCUT2D eigenvalue weighted by Gasteiger charge is -2.05. The Morgan fingerprint density at radius 1 is 1.50 bits per heavy atom. The van der Waals surface area contributed by atoms with Crippen molar-refractivity contribution >= 4 is 17.0 Å². The van der Waals surface area contributed by atoms with Crippen LogP contribution < -0.4 is 5.73 Å². The zero-order valence-electron chi connectivity index (χ0n) is 7.16. The molecule has 0 aliphatic rings. The molecule has 1 aromatic heterocycles. The van der Waals surface area contributed by atoms with Gasteiger partial charge in [0.2, 0.25) is 0 Å². The fourth-order valence-corrected chi connectivity index (χ4v) is 1.20. The van der Waals surface area contributed by atoms with E-state index in [1.165, 1.54) is 4.68 Å². The summed E-state index contributed by atoms with van der Waals surface area (Å²) in [6, 6.07) is 7.04. The molecule has 0 radical (unpaired) electrons. The first-order chi connectivity index (χ1) is 6.70. The molecule has 3 N–H and O–H groups in total. The van der Waals surface area contributed by atoms with Gasteiger partial charge in [-0.05, 0) is 12.1 Å². The number of aliphatic carboxylic acids is 1. The van der Waals surface area contributed by atoms with E-state index in [1.807, 2.05) is 0 Å². The number of carboxylic acids is 1. The molecule has 1 aromatic carbocycles. The Balaban J connectivity index is 2.58. The van der Waals surface area contributed by atoms with Gasteiger partial charge in [-0.25, -0.2) is 9.48 Å². The smallest absolute Gasteiger partial charge is 0.343 e. The molecule has 0 amide bonds. The van der Waals surface area contributed by atoms with Crippen LogP contribution in [0.3, 0.4) is 0 Å². The second-order valence-corrected chi connectivity index (χ2v) is 2.81. The van der Waals surface area contributed by atoms with Gasteiger partial charge in [-0.3, -0.25) is 0 Å².